The van der Waals surface area contributed by atoms with Gasteiger partial charge in [-0.2, -0.15) is 0 Å². The van der Waals surface area contributed by atoms with Crippen LogP contribution in [0.4, 0.5) is 5.69 Å². The third-order valence-electron chi connectivity index (χ3n) is 4.10. The lowest BCUT2D eigenvalue weighted by Gasteiger charge is -2.11. The van der Waals surface area contributed by atoms with Crippen LogP contribution in [0.1, 0.15) is 15.4 Å². The molecule has 0 saturated heterocycles. The van der Waals surface area contributed by atoms with Crippen molar-refractivity contribution in [3.05, 3.63) is 82.7 Å². The monoisotopic (exact) mass is 344 g/mol. The molecule has 4 rings (SSSR count). The molecule has 0 spiro atoms. The van der Waals surface area contributed by atoms with E-state index in [1.807, 2.05) is 79.0 Å². The summed E-state index contributed by atoms with van der Waals surface area (Å²) >= 11 is 1.60. The van der Waals surface area contributed by atoms with Crippen LogP contribution in [0.2, 0.25) is 0 Å². The molecule has 3 nitrogen and oxygen atoms in total. The summed E-state index contributed by atoms with van der Waals surface area (Å²) in [6.45, 7) is 1.98. The third kappa shape index (κ3) is 3.04. The Bertz CT molecular complexity index is 1060. The number of amides is 1. The van der Waals surface area contributed by atoms with E-state index in [4.69, 9.17) is 0 Å². The van der Waals surface area contributed by atoms with E-state index >= 15 is 0 Å². The molecule has 0 aliphatic carbocycles. The van der Waals surface area contributed by atoms with Gasteiger partial charge in [0.25, 0.3) is 5.91 Å². The Hall–Kier alpha value is -2.98. The van der Waals surface area contributed by atoms with Gasteiger partial charge in [0.05, 0.1) is 16.4 Å². The molecular weight excluding hydrogens is 328 g/mol. The number of aromatic nitrogens is 1. The molecule has 3 aromatic carbocycles. The molecule has 0 saturated carbocycles. The Kier molecular flexibility index (Phi) is 4.04. The fraction of sp³-hybridized carbons (Fsp3) is 0.0476. The van der Waals surface area contributed by atoms with Crippen LogP contribution in [0.15, 0.2) is 72.1 Å². The molecule has 0 aliphatic rings. The van der Waals surface area contributed by atoms with Gasteiger partial charge in [-0.15, -0.1) is 11.3 Å². The van der Waals surface area contributed by atoms with Crippen LogP contribution in [0.25, 0.3) is 22.0 Å². The van der Waals surface area contributed by atoms with Crippen LogP contribution >= 0.6 is 11.3 Å². The first-order valence-corrected chi connectivity index (χ1v) is 8.91. The summed E-state index contributed by atoms with van der Waals surface area (Å²) in [5, 5.41) is 8.07. The van der Waals surface area contributed by atoms with Crippen molar-refractivity contribution in [3.8, 4) is 11.3 Å². The zero-order valence-corrected chi connectivity index (χ0v) is 14.5. The summed E-state index contributed by atoms with van der Waals surface area (Å²) in [4.78, 5) is 17.4. The first kappa shape index (κ1) is 15.5. The van der Waals surface area contributed by atoms with Crippen molar-refractivity contribution >= 4 is 33.7 Å². The molecule has 1 N–H and O–H groups in total. The van der Waals surface area contributed by atoms with E-state index in [2.05, 4.69) is 10.3 Å². The summed E-state index contributed by atoms with van der Waals surface area (Å²) in [6.07, 6.45) is 0. The highest BCUT2D eigenvalue weighted by molar-refractivity contribution is 7.09. The molecule has 4 heteroatoms. The number of thiazole rings is 1. The van der Waals surface area contributed by atoms with Crippen molar-refractivity contribution in [3.63, 3.8) is 0 Å². The van der Waals surface area contributed by atoms with E-state index < -0.39 is 0 Å². The number of hydrogen-bond acceptors (Lipinski definition) is 3. The Morgan fingerprint density at radius 1 is 0.960 bits per heavy atom. The van der Waals surface area contributed by atoms with Crippen molar-refractivity contribution in [2.45, 2.75) is 6.92 Å². The molecule has 25 heavy (non-hydrogen) atoms. The fourth-order valence-electron chi connectivity index (χ4n) is 2.92. The molecule has 4 aromatic rings. The smallest absolute Gasteiger partial charge is 0.256 e. The quantitative estimate of drug-likeness (QED) is 0.531. The molecule has 0 bridgehead atoms. The molecule has 0 atom stereocenters. The summed E-state index contributed by atoms with van der Waals surface area (Å²) in [7, 11) is 0. The standard InChI is InChI=1S/C21H16N2OS/c1-14-22-20(13-25-14)18-10-4-5-12-19(18)23-21(24)17-11-6-8-15-7-2-3-9-16(15)17/h2-13H,1H3,(H,23,24). The van der Waals surface area contributed by atoms with Gasteiger partial charge in [0.2, 0.25) is 0 Å². The zero-order valence-electron chi connectivity index (χ0n) is 13.7. The maximum atomic E-state index is 12.9. The third-order valence-corrected chi connectivity index (χ3v) is 4.88. The topological polar surface area (TPSA) is 42.0 Å². The number of rotatable bonds is 3. The van der Waals surface area contributed by atoms with Crippen LogP contribution in [0.5, 0.6) is 0 Å². The zero-order chi connectivity index (χ0) is 17.2. The first-order valence-electron chi connectivity index (χ1n) is 8.03. The SMILES string of the molecule is Cc1nc(-c2ccccc2NC(=O)c2cccc3ccccc23)cs1. The van der Waals surface area contributed by atoms with Gasteiger partial charge in [0, 0.05) is 16.5 Å². The van der Waals surface area contributed by atoms with E-state index in [9.17, 15) is 4.79 Å². The van der Waals surface area contributed by atoms with Gasteiger partial charge in [0.1, 0.15) is 0 Å². The highest BCUT2D eigenvalue weighted by Gasteiger charge is 2.13. The molecule has 1 heterocycles. The molecule has 0 aliphatic heterocycles. The summed E-state index contributed by atoms with van der Waals surface area (Å²) in [5.74, 6) is -0.115. The summed E-state index contributed by atoms with van der Waals surface area (Å²) in [6, 6.07) is 21.4. The molecule has 0 radical (unpaired) electrons. The minimum Gasteiger partial charge on any atom is -0.321 e. The van der Waals surface area contributed by atoms with Gasteiger partial charge in [-0.1, -0.05) is 54.6 Å². The van der Waals surface area contributed by atoms with Gasteiger partial charge < -0.3 is 5.32 Å². The Labute approximate surface area is 150 Å². The van der Waals surface area contributed by atoms with Crippen molar-refractivity contribution in [2.75, 3.05) is 5.32 Å². The second-order valence-electron chi connectivity index (χ2n) is 5.78. The Morgan fingerprint density at radius 2 is 1.72 bits per heavy atom. The number of carbonyl (C=O) groups is 1. The van der Waals surface area contributed by atoms with Gasteiger partial charge in [0.15, 0.2) is 0 Å². The number of para-hydroxylation sites is 1. The van der Waals surface area contributed by atoms with Crippen molar-refractivity contribution in [1.29, 1.82) is 0 Å². The van der Waals surface area contributed by atoms with E-state index in [0.29, 0.717) is 5.56 Å². The number of nitrogens with one attached hydrogen (secondary N) is 1. The van der Waals surface area contributed by atoms with Gasteiger partial charge in [-0.3, -0.25) is 4.79 Å². The average Bonchev–Trinajstić information content (AvgIpc) is 3.08. The highest BCUT2D eigenvalue weighted by atomic mass is 32.1. The van der Waals surface area contributed by atoms with Crippen molar-refractivity contribution in [1.82, 2.24) is 4.98 Å². The maximum absolute atomic E-state index is 12.9. The van der Waals surface area contributed by atoms with Crippen LogP contribution in [0.3, 0.4) is 0 Å². The lowest BCUT2D eigenvalue weighted by atomic mass is 10.0. The van der Waals surface area contributed by atoms with Crippen LogP contribution < -0.4 is 5.32 Å². The molecular formula is C21H16N2OS. The molecule has 122 valence electrons. The number of fused-ring (bicyclic) bond motifs is 1. The predicted octanol–water partition coefficient (Wildman–Crippen LogP) is 5.52. The molecule has 1 amide bonds. The second kappa shape index (κ2) is 6.49. The van der Waals surface area contributed by atoms with E-state index in [0.717, 1.165) is 32.7 Å². The molecule has 0 fully saturated rings. The summed E-state index contributed by atoms with van der Waals surface area (Å²) < 4.78 is 0. The Balaban J connectivity index is 1.72. The number of aryl methyl sites for hydroxylation is 1. The number of anilines is 1. The normalized spacial score (nSPS) is 10.8. The number of nitrogens with zero attached hydrogens (tertiary/aromatic N) is 1. The van der Waals surface area contributed by atoms with E-state index in [1.165, 1.54) is 0 Å². The summed E-state index contributed by atoms with van der Waals surface area (Å²) in [5.41, 5.74) is 3.25. The number of carbonyl (C=O) groups excluding carboxylic acids is 1. The van der Waals surface area contributed by atoms with Gasteiger partial charge in [-0.25, -0.2) is 4.98 Å². The fourth-order valence-corrected chi connectivity index (χ4v) is 3.53. The van der Waals surface area contributed by atoms with E-state index in [-0.39, 0.29) is 5.91 Å². The van der Waals surface area contributed by atoms with Gasteiger partial charge in [-0.05, 0) is 29.8 Å². The second-order valence-corrected chi connectivity index (χ2v) is 6.84. The van der Waals surface area contributed by atoms with Crippen LogP contribution in [-0.4, -0.2) is 10.9 Å². The lowest BCUT2D eigenvalue weighted by molar-refractivity contribution is 0.102. The van der Waals surface area contributed by atoms with Gasteiger partial charge >= 0.3 is 0 Å². The van der Waals surface area contributed by atoms with Crippen molar-refractivity contribution < 1.29 is 4.79 Å². The first-order chi connectivity index (χ1) is 12.2. The molecule has 0 unspecified atom stereocenters. The number of hydrogen-bond donors (Lipinski definition) is 1. The van der Waals surface area contributed by atoms with Crippen LogP contribution in [0, 0.1) is 6.92 Å². The Morgan fingerprint density at radius 3 is 2.56 bits per heavy atom. The van der Waals surface area contributed by atoms with E-state index in [1.54, 1.807) is 11.3 Å². The maximum Gasteiger partial charge on any atom is 0.256 e. The average molecular weight is 344 g/mol. The lowest BCUT2D eigenvalue weighted by Crippen LogP contribution is -2.13. The minimum atomic E-state index is -0.115. The molecule has 1 aromatic heterocycles. The number of benzene rings is 3. The minimum absolute atomic E-state index is 0.115. The van der Waals surface area contributed by atoms with Crippen LogP contribution in [-0.2, 0) is 0 Å². The largest absolute Gasteiger partial charge is 0.321 e. The predicted molar refractivity (Wildman–Crippen MR) is 104 cm³/mol. The van der Waals surface area contributed by atoms with Crippen molar-refractivity contribution in [2.24, 2.45) is 0 Å². The highest BCUT2D eigenvalue weighted by Crippen LogP contribution is 2.29.